The molecule has 0 spiro atoms. The molecule has 3 aromatic carbocycles. The van der Waals surface area contributed by atoms with E-state index in [2.05, 4.69) is 17.0 Å². The largest absolute Gasteiger partial charge is 0.367 e. The zero-order valence-corrected chi connectivity index (χ0v) is 14.5. The van der Waals surface area contributed by atoms with Crippen LogP contribution in [0.4, 0.5) is 0 Å². The molecule has 0 atom stereocenters. The first kappa shape index (κ1) is 17.5. The minimum Gasteiger partial charge on any atom is -0.313 e. The molecule has 126 valence electrons. The van der Waals surface area contributed by atoms with Crippen molar-refractivity contribution in [2.45, 2.75) is 0 Å². The minimum absolute atomic E-state index is 0.276. The number of benzene rings is 3. The molecular weight excluding hydrogens is 346 g/mol. The van der Waals surface area contributed by atoms with Crippen LogP contribution in [-0.2, 0) is 4.84 Å². The molecule has 0 saturated heterocycles. The molecule has 26 heavy (non-hydrogen) atoms. The summed E-state index contributed by atoms with van der Waals surface area (Å²) in [5, 5.41) is 4.04. The number of nitrogens with zero attached hydrogens (tertiary/aromatic N) is 1. The van der Waals surface area contributed by atoms with Gasteiger partial charge in [0, 0.05) is 11.1 Å². The van der Waals surface area contributed by atoms with Crippen LogP contribution in [0.15, 0.2) is 84.0 Å². The first-order chi connectivity index (χ1) is 12.7. The van der Waals surface area contributed by atoms with Crippen molar-refractivity contribution < 1.29 is 9.63 Å². The highest BCUT2D eigenvalue weighted by Crippen LogP contribution is 2.15. The minimum atomic E-state index is -0.600. The molecule has 3 nitrogen and oxygen atoms in total. The van der Waals surface area contributed by atoms with Crippen LogP contribution in [0, 0.1) is 11.8 Å². The summed E-state index contributed by atoms with van der Waals surface area (Å²) in [5.41, 5.74) is 2.92. The molecule has 3 rings (SSSR count). The lowest BCUT2D eigenvalue weighted by atomic mass is 10.1. The van der Waals surface area contributed by atoms with Gasteiger partial charge in [0.15, 0.2) is 0 Å². The third-order valence-electron chi connectivity index (χ3n) is 3.47. The fourth-order valence-electron chi connectivity index (χ4n) is 2.13. The number of hydrogen-bond donors (Lipinski definition) is 0. The molecule has 0 bridgehead atoms. The maximum absolute atomic E-state index is 11.9. The number of hydrogen-bond acceptors (Lipinski definition) is 3. The van der Waals surface area contributed by atoms with Crippen molar-refractivity contribution in [2.75, 3.05) is 0 Å². The Bertz CT molecular complexity index is 984. The molecule has 4 heteroatoms. The predicted octanol–water partition coefficient (Wildman–Crippen LogP) is 4.93. The number of carbonyl (C=O) groups is 1. The summed E-state index contributed by atoms with van der Waals surface area (Å²) in [4.78, 5) is 16.8. The monoisotopic (exact) mass is 359 g/mol. The highest BCUT2D eigenvalue weighted by Gasteiger charge is 2.10. The van der Waals surface area contributed by atoms with Crippen LogP contribution in [0.2, 0.25) is 5.02 Å². The lowest BCUT2D eigenvalue weighted by Crippen LogP contribution is -2.01. The van der Waals surface area contributed by atoms with E-state index >= 15 is 0 Å². The summed E-state index contributed by atoms with van der Waals surface area (Å²) in [6.45, 7) is 0. The van der Waals surface area contributed by atoms with Gasteiger partial charge in [-0.25, -0.2) is 4.79 Å². The summed E-state index contributed by atoms with van der Waals surface area (Å²) < 4.78 is 0. The third kappa shape index (κ3) is 4.83. The topological polar surface area (TPSA) is 38.7 Å². The maximum Gasteiger partial charge on any atom is 0.367 e. The van der Waals surface area contributed by atoms with Crippen molar-refractivity contribution in [1.29, 1.82) is 0 Å². The van der Waals surface area contributed by atoms with Crippen LogP contribution in [0.1, 0.15) is 27.0 Å². The number of halogens is 1. The number of carbonyl (C=O) groups excluding carboxylic acids is 1. The van der Waals surface area contributed by atoms with Gasteiger partial charge in [-0.15, -0.1) is 0 Å². The molecular formula is C22H14ClNO2. The molecule has 0 aliphatic carbocycles. The Hall–Kier alpha value is -3.35. The molecule has 0 heterocycles. The average Bonchev–Trinajstić information content (AvgIpc) is 2.68. The molecule has 0 unspecified atom stereocenters. The molecule has 0 amide bonds. The van der Waals surface area contributed by atoms with Crippen LogP contribution >= 0.6 is 11.6 Å². The highest BCUT2D eigenvalue weighted by atomic mass is 35.5. The van der Waals surface area contributed by atoms with Gasteiger partial charge in [0.1, 0.15) is 0 Å². The lowest BCUT2D eigenvalue weighted by Gasteiger charge is -2.00. The van der Waals surface area contributed by atoms with Crippen LogP contribution in [0.25, 0.3) is 0 Å². The van der Waals surface area contributed by atoms with Gasteiger partial charge >= 0.3 is 5.97 Å². The lowest BCUT2D eigenvalue weighted by molar-refractivity contribution is 0.0519. The molecule has 0 saturated carbocycles. The fourth-order valence-corrected chi connectivity index (χ4v) is 2.34. The second-order valence-electron chi connectivity index (χ2n) is 5.33. The van der Waals surface area contributed by atoms with E-state index in [-0.39, 0.29) is 5.56 Å². The van der Waals surface area contributed by atoms with Gasteiger partial charge in [0.2, 0.25) is 0 Å². The van der Waals surface area contributed by atoms with Crippen molar-refractivity contribution in [3.63, 3.8) is 0 Å². The zero-order valence-electron chi connectivity index (χ0n) is 13.7. The van der Waals surface area contributed by atoms with Crippen molar-refractivity contribution in [3.8, 4) is 11.8 Å². The summed E-state index contributed by atoms with van der Waals surface area (Å²) in [6, 6.07) is 23.9. The van der Waals surface area contributed by atoms with Crippen molar-refractivity contribution in [1.82, 2.24) is 0 Å². The smallest absolute Gasteiger partial charge is 0.313 e. The summed E-state index contributed by atoms with van der Waals surface area (Å²) in [5.74, 6) is 5.59. The quantitative estimate of drug-likeness (QED) is 0.288. The van der Waals surface area contributed by atoms with E-state index in [4.69, 9.17) is 16.4 Å². The fraction of sp³-hybridized carbons (Fsp3) is 0. The standard InChI is InChI=1S/C22H14ClNO2/c23-21-9-5-4-8-20(21)22(25)26-24-16-19-14-12-18(13-15-19)11-10-17-6-2-1-3-7-17/h1-9,12-16H/b24-16-. The van der Waals surface area contributed by atoms with E-state index in [9.17, 15) is 4.79 Å². The Morgan fingerprint density at radius 1 is 0.846 bits per heavy atom. The van der Waals surface area contributed by atoms with Crippen molar-refractivity contribution >= 4 is 23.8 Å². The van der Waals surface area contributed by atoms with Crippen LogP contribution in [0.5, 0.6) is 0 Å². The summed E-state index contributed by atoms with van der Waals surface area (Å²) in [6.07, 6.45) is 1.46. The maximum atomic E-state index is 11.9. The summed E-state index contributed by atoms with van der Waals surface area (Å²) in [7, 11) is 0. The Kier molecular flexibility index (Phi) is 5.82. The highest BCUT2D eigenvalue weighted by molar-refractivity contribution is 6.33. The van der Waals surface area contributed by atoms with E-state index in [0.29, 0.717) is 5.02 Å². The van der Waals surface area contributed by atoms with Gasteiger partial charge in [-0.1, -0.05) is 71.1 Å². The second-order valence-corrected chi connectivity index (χ2v) is 5.74. The molecule has 0 aromatic heterocycles. The Morgan fingerprint density at radius 3 is 2.15 bits per heavy atom. The van der Waals surface area contributed by atoms with Gasteiger partial charge < -0.3 is 4.84 Å². The van der Waals surface area contributed by atoms with Gasteiger partial charge in [0.25, 0.3) is 0 Å². The van der Waals surface area contributed by atoms with E-state index < -0.39 is 5.97 Å². The molecule has 0 aliphatic rings. The summed E-state index contributed by atoms with van der Waals surface area (Å²) >= 11 is 5.94. The van der Waals surface area contributed by atoms with Crippen LogP contribution in [0.3, 0.4) is 0 Å². The number of oxime groups is 1. The van der Waals surface area contributed by atoms with Gasteiger partial charge in [-0.2, -0.15) is 0 Å². The van der Waals surface area contributed by atoms with Gasteiger partial charge in [-0.3, -0.25) is 0 Å². The van der Waals surface area contributed by atoms with E-state index in [0.717, 1.165) is 16.7 Å². The number of rotatable bonds is 3. The van der Waals surface area contributed by atoms with E-state index in [1.54, 1.807) is 24.3 Å². The second kappa shape index (κ2) is 8.66. The Morgan fingerprint density at radius 2 is 1.46 bits per heavy atom. The molecule has 0 aliphatic heterocycles. The molecule has 3 aromatic rings. The Balaban J connectivity index is 1.61. The van der Waals surface area contributed by atoms with Crippen LogP contribution < -0.4 is 0 Å². The molecule has 0 fully saturated rings. The molecule has 0 radical (unpaired) electrons. The first-order valence-electron chi connectivity index (χ1n) is 7.89. The van der Waals surface area contributed by atoms with Gasteiger partial charge in [0.05, 0.1) is 16.8 Å². The van der Waals surface area contributed by atoms with E-state index in [1.165, 1.54) is 6.21 Å². The van der Waals surface area contributed by atoms with E-state index in [1.807, 2.05) is 54.6 Å². The van der Waals surface area contributed by atoms with Crippen molar-refractivity contribution in [2.24, 2.45) is 5.16 Å². The Labute approximate surface area is 156 Å². The third-order valence-corrected chi connectivity index (χ3v) is 3.80. The predicted molar refractivity (Wildman–Crippen MR) is 103 cm³/mol. The first-order valence-corrected chi connectivity index (χ1v) is 8.26. The van der Waals surface area contributed by atoms with Crippen molar-refractivity contribution in [3.05, 3.63) is 106 Å². The normalized spacial score (nSPS) is 10.2. The average molecular weight is 360 g/mol. The van der Waals surface area contributed by atoms with Gasteiger partial charge in [-0.05, 0) is 42.0 Å². The van der Waals surface area contributed by atoms with Crippen LogP contribution in [-0.4, -0.2) is 12.2 Å². The SMILES string of the molecule is O=C(O/N=C\c1ccc(C#Cc2ccccc2)cc1)c1ccccc1Cl. The molecule has 0 N–H and O–H groups in total. The zero-order chi connectivity index (χ0) is 18.2.